The first-order chi connectivity index (χ1) is 7.81. The third-order valence-corrected chi connectivity index (χ3v) is 3.59. The molecular formula is C14H19NS. The van der Waals surface area contributed by atoms with Gasteiger partial charge < -0.3 is 0 Å². The maximum Gasteiger partial charge on any atom is 0.123 e. The number of thiazole rings is 1. The highest BCUT2D eigenvalue weighted by Gasteiger charge is 2.06. The molecule has 0 aliphatic carbocycles. The van der Waals surface area contributed by atoms with E-state index in [1.807, 2.05) is 19.9 Å². The van der Waals surface area contributed by atoms with Crippen LogP contribution in [0.4, 0.5) is 0 Å². The second-order valence-electron chi connectivity index (χ2n) is 3.25. The van der Waals surface area contributed by atoms with Gasteiger partial charge in [0.1, 0.15) is 5.01 Å². The zero-order valence-electron chi connectivity index (χ0n) is 10.4. The van der Waals surface area contributed by atoms with Crippen LogP contribution in [0.5, 0.6) is 0 Å². The highest BCUT2D eigenvalue weighted by Crippen LogP contribution is 2.27. The quantitative estimate of drug-likeness (QED) is 0.732. The number of aryl methyl sites for hydroxylation is 2. The van der Waals surface area contributed by atoms with Crippen LogP contribution in [0.3, 0.4) is 0 Å². The van der Waals surface area contributed by atoms with Crippen molar-refractivity contribution < 1.29 is 0 Å². The fraction of sp³-hybridized carbons (Fsp3) is 0.357. The molecule has 2 rings (SSSR count). The monoisotopic (exact) mass is 233 g/mol. The van der Waals surface area contributed by atoms with Crippen LogP contribution < -0.4 is 0 Å². The molecule has 86 valence electrons. The molecule has 0 amide bonds. The molecule has 0 atom stereocenters. The van der Waals surface area contributed by atoms with Crippen LogP contribution in [0.1, 0.15) is 31.3 Å². The van der Waals surface area contributed by atoms with Gasteiger partial charge in [0, 0.05) is 10.4 Å². The first-order valence-electron chi connectivity index (χ1n) is 5.83. The summed E-state index contributed by atoms with van der Waals surface area (Å²) < 4.78 is 0. The van der Waals surface area contributed by atoms with Crippen molar-refractivity contribution in [3.05, 3.63) is 40.9 Å². The molecule has 0 aliphatic heterocycles. The summed E-state index contributed by atoms with van der Waals surface area (Å²) in [5.41, 5.74) is 2.40. The Labute approximate surface area is 102 Å². The van der Waals surface area contributed by atoms with Gasteiger partial charge in [0.2, 0.25) is 0 Å². The van der Waals surface area contributed by atoms with Gasteiger partial charge in [-0.2, -0.15) is 0 Å². The Hall–Kier alpha value is -1.15. The zero-order chi connectivity index (χ0) is 12.0. The van der Waals surface area contributed by atoms with E-state index in [1.54, 1.807) is 11.3 Å². The largest absolute Gasteiger partial charge is 0.241 e. The van der Waals surface area contributed by atoms with Gasteiger partial charge in [0.05, 0.1) is 5.69 Å². The maximum absolute atomic E-state index is 4.57. The number of aromatic nitrogens is 1. The summed E-state index contributed by atoms with van der Waals surface area (Å²) in [7, 11) is 0. The maximum atomic E-state index is 4.57. The molecule has 1 aromatic heterocycles. The van der Waals surface area contributed by atoms with E-state index in [9.17, 15) is 0 Å². The van der Waals surface area contributed by atoms with E-state index in [1.165, 1.54) is 16.1 Å². The second-order valence-corrected chi connectivity index (χ2v) is 4.33. The zero-order valence-corrected chi connectivity index (χ0v) is 11.3. The van der Waals surface area contributed by atoms with Crippen LogP contribution in [-0.4, -0.2) is 4.98 Å². The van der Waals surface area contributed by atoms with E-state index >= 15 is 0 Å². The van der Waals surface area contributed by atoms with Crippen molar-refractivity contribution in [2.24, 2.45) is 0 Å². The summed E-state index contributed by atoms with van der Waals surface area (Å²) in [6.45, 7) is 8.26. The minimum Gasteiger partial charge on any atom is -0.241 e. The summed E-state index contributed by atoms with van der Waals surface area (Å²) in [4.78, 5) is 5.96. The van der Waals surface area contributed by atoms with Crippen LogP contribution in [0.15, 0.2) is 30.3 Å². The normalized spacial score (nSPS) is 9.50. The van der Waals surface area contributed by atoms with Gasteiger partial charge in [0.25, 0.3) is 0 Å². The Balaban J connectivity index is 0.000000606. The molecule has 0 bridgehead atoms. The lowest BCUT2D eigenvalue weighted by atomic mass is 10.2. The van der Waals surface area contributed by atoms with E-state index in [4.69, 9.17) is 0 Å². The van der Waals surface area contributed by atoms with Crippen molar-refractivity contribution in [3.8, 4) is 10.6 Å². The molecule has 2 heteroatoms. The minimum absolute atomic E-state index is 1.08. The number of hydrogen-bond donors (Lipinski definition) is 0. The van der Waals surface area contributed by atoms with Gasteiger partial charge in [-0.15, -0.1) is 11.3 Å². The molecule has 0 aliphatic rings. The van der Waals surface area contributed by atoms with Crippen LogP contribution >= 0.6 is 11.3 Å². The molecule has 0 fully saturated rings. The Morgan fingerprint density at radius 2 is 1.75 bits per heavy atom. The molecule has 1 aromatic carbocycles. The molecular weight excluding hydrogens is 214 g/mol. The average Bonchev–Trinajstić information content (AvgIpc) is 2.74. The molecule has 0 saturated carbocycles. The second kappa shape index (κ2) is 6.44. The number of nitrogens with zero attached hydrogens (tertiary/aromatic N) is 1. The van der Waals surface area contributed by atoms with Gasteiger partial charge in [-0.05, 0) is 13.3 Å². The fourth-order valence-electron chi connectivity index (χ4n) is 1.46. The number of rotatable bonds is 2. The predicted octanol–water partition coefficient (Wildman–Crippen LogP) is 4.71. The van der Waals surface area contributed by atoms with E-state index in [-0.39, 0.29) is 0 Å². The van der Waals surface area contributed by atoms with Crippen molar-refractivity contribution in [1.29, 1.82) is 0 Å². The van der Waals surface area contributed by atoms with Gasteiger partial charge in [-0.1, -0.05) is 51.1 Å². The Morgan fingerprint density at radius 1 is 1.12 bits per heavy atom. The van der Waals surface area contributed by atoms with Gasteiger partial charge in [0.15, 0.2) is 0 Å². The topological polar surface area (TPSA) is 12.9 Å². The minimum atomic E-state index is 1.08. The van der Waals surface area contributed by atoms with E-state index in [0.717, 1.165) is 11.4 Å². The highest BCUT2D eigenvalue weighted by atomic mass is 32.1. The van der Waals surface area contributed by atoms with Gasteiger partial charge >= 0.3 is 0 Å². The number of benzene rings is 1. The van der Waals surface area contributed by atoms with E-state index < -0.39 is 0 Å². The smallest absolute Gasteiger partial charge is 0.123 e. The van der Waals surface area contributed by atoms with Crippen molar-refractivity contribution in [2.75, 3.05) is 0 Å². The average molecular weight is 233 g/mol. The Bertz CT molecular complexity index is 418. The molecule has 0 radical (unpaired) electrons. The summed E-state index contributed by atoms with van der Waals surface area (Å²) in [5, 5.41) is 1.14. The van der Waals surface area contributed by atoms with Crippen LogP contribution in [0.25, 0.3) is 10.6 Å². The molecule has 1 heterocycles. The predicted molar refractivity (Wildman–Crippen MR) is 73.0 cm³/mol. The van der Waals surface area contributed by atoms with Crippen molar-refractivity contribution in [3.63, 3.8) is 0 Å². The van der Waals surface area contributed by atoms with Crippen molar-refractivity contribution >= 4 is 11.3 Å². The lowest BCUT2D eigenvalue weighted by Gasteiger charge is -1.92. The molecule has 0 saturated heterocycles. The van der Waals surface area contributed by atoms with Gasteiger partial charge in [-0.3, -0.25) is 0 Å². The summed E-state index contributed by atoms with van der Waals surface area (Å²) >= 11 is 1.80. The third-order valence-electron chi connectivity index (χ3n) is 2.23. The molecule has 2 aromatic rings. The van der Waals surface area contributed by atoms with Crippen LogP contribution in [-0.2, 0) is 6.42 Å². The summed E-state index contributed by atoms with van der Waals surface area (Å²) in [5.74, 6) is 0. The van der Waals surface area contributed by atoms with Crippen LogP contribution in [0, 0.1) is 6.92 Å². The summed E-state index contributed by atoms with van der Waals surface area (Å²) in [6.07, 6.45) is 1.08. The third kappa shape index (κ3) is 2.92. The fourth-order valence-corrected chi connectivity index (χ4v) is 2.47. The Morgan fingerprint density at radius 3 is 2.25 bits per heavy atom. The standard InChI is InChI=1S/C12H13NS.C2H6/c1-3-11-9(2)13-12(14-11)10-7-5-4-6-8-10;1-2/h4-8H,3H2,1-2H3;1-2H3. The van der Waals surface area contributed by atoms with Crippen molar-refractivity contribution in [1.82, 2.24) is 4.98 Å². The lowest BCUT2D eigenvalue weighted by Crippen LogP contribution is -1.78. The molecule has 0 N–H and O–H groups in total. The molecule has 0 spiro atoms. The van der Waals surface area contributed by atoms with Crippen molar-refractivity contribution in [2.45, 2.75) is 34.1 Å². The first kappa shape index (κ1) is 12.9. The molecule has 0 unspecified atom stereocenters. The SMILES string of the molecule is CC.CCc1sc(-c2ccccc2)nc1C. The molecule has 1 nitrogen and oxygen atoms in total. The van der Waals surface area contributed by atoms with Crippen LogP contribution in [0.2, 0.25) is 0 Å². The van der Waals surface area contributed by atoms with E-state index in [2.05, 4.69) is 43.1 Å². The molecule has 16 heavy (non-hydrogen) atoms. The van der Waals surface area contributed by atoms with Gasteiger partial charge in [-0.25, -0.2) is 4.98 Å². The highest BCUT2D eigenvalue weighted by molar-refractivity contribution is 7.15. The summed E-state index contributed by atoms with van der Waals surface area (Å²) in [6, 6.07) is 10.4. The Kier molecular flexibility index (Phi) is 5.20. The van der Waals surface area contributed by atoms with E-state index in [0.29, 0.717) is 0 Å². The number of hydrogen-bond acceptors (Lipinski definition) is 2. The lowest BCUT2D eigenvalue weighted by molar-refractivity contribution is 1.11. The first-order valence-corrected chi connectivity index (χ1v) is 6.64.